The van der Waals surface area contributed by atoms with Crippen molar-refractivity contribution < 1.29 is 44.5 Å². The zero-order valence-corrected chi connectivity index (χ0v) is 20.6. The molecule has 5 N–H and O–H groups in total. The van der Waals surface area contributed by atoms with E-state index in [4.69, 9.17) is 14.2 Å². The van der Waals surface area contributed by atoms with Crippen LogP contribution in [0.3, 0.4) is 0 Å². The number of aliphatic hydroxyl groups excluding tert-OH is 5. The molecule has 0 aromatic heterocycles. The summed E-state index contributed by atoms with van der Waals surface area (Å²) in [7, 11) is 0. The predicted octanol–water partition coefficient (Wildman–Crippen LogP) is 0.816. The van der Waals surface area contributed by atoms with E-state index in [0.717, 1.165) is 25.7 Å². The Morgan fingerprint density at radius 3 is 2.54 bits per heavy atom. The number of aliphatic hydroxyl groups is 5. The second-order valence-corrected chi connectivity index (χ2v) is 11.2. The molecule has 0 aromatic carbocycles. The van der Waals surface area contributed by atoms with Gasteiger partial charge in [-0.05, 0) is 61.9 Å². The summed E-state index contributed by atoms with van der Waals surface area (Å²) in [5, 5.41) is 51.2. The number of carbonyl (C=O) groups excluding carboxylic acids is 1. The van der Waals surface area contributed by atoms with Gasteiger partial charge in [-0.3, -0.25) is 0 Å². The van der Waals surface area contributed by atoms with Gasteiger partial charge in [-0.15, -0.1) is 0 Å². The van der Waals surface area contributed by atoms with Crippen LogP contribution in [-0.2, 0) is 19.0 Å². The topological polar surface area (TPSA) is 146 Å². The molecular weight excluding hydrogens is 456 g/mol. The molecule has 0 aromatic rings. The first-order valence-corrected chi connectivity index (χ1v) is 12.7. The monoisotopic (exact) mass is 496 g/mol. The van der Waals surface area contributed by atoms with E-state index in [0.29, 0.717) is 25.0 Å². The van der Waals surface area contributed by atoms with E-state index in [2.05, 4.69) is 13.5 Å². The van der Waals surface area contributed by atoms with Crippen molar-refractivity contribution in [1.82, 2.24) is 0 Å². The molecule has 35 heavy (non-hydrogen) atoms. The number of carbonyl (C=O) groups is 1. The third kappa shape index (κ3) is 4.72. The van der Waals surface area contributed by atoms with Crippen LogP contribution in [0.5, 0.6) is 0 Å². The normalized spacial score (nSPS) is 46.2. The second-order valence-electron chi connectivity index (χ2n) is 11.2. The van der Waals surface area contributed by atoms with Crippen LogP contribution < -0.4 is 0 Å². The summed E-state index contributed by atoms with van der Waals surface area (Å²) in [6.45, 7) is 8.48. The summed E-state index contributed by atoms with van der Waals surface area (Å²) in [5.41, 5.74) is 1.07. The molecule has 0 unspecified atom stereocenters. The van der Waals surface area contributed by atoms with Crippen LogP contribution >= 0.6 is 0 Å². The Balaban J connectivity index is 1.50. The quantitative estimate of drug-likeness (QED) is 0.255. The summed E-state index contributed by atoms with van der Waals surface area (Å²) in [5.74, 6) is 0.0169. The molecule has 0 bridgehead atoms. The average molecular weight is 497 g/mol. The fourth-order valence-electron chi connectivity index (χ4n) is 7.08. The van der Waals surface area contributed by atoms with E-state index in [9.17, 15) is 30.3 Å². The molecule has 2 heterocycles. The molecule has 2 aliphatic carbocycles. The Bertz CT molecular complexity index is 841. The average Bonchev–Trinajstić information content (AvgIpc) is 3.24. The number of ether oxygens (including phenoxy) is 3. The van der Waals surface area contributed by atoms with E-state index >= 15 is 0 Å². The number of hydrogen-bond donors (Lipinski definition) is 5. The largest absolute Gasteiger partial charge is 0.458 e. The molecule has 10 atom stereocenters. The highest BCUT2D eigenvalue weighted by Crippen LogP contribution is 2.62. The minimum Gasteiger partial charge on any atom is -0.458 e. The van der Waals surface area contributed by atoms with E-state index in [1.54, 1.807) is 0 Å². The summed E-state index contributed by atoms with van der Waals surface area (Å²) in [4.78, 5) is 11.9. The molecule has 198 valence electrons. The number of esters is 1. The van der Waals surface area contributed by atoms with Gasteiger partial charge in [0.2, 0.25) is 0 Å². The van der Waals surface area contributed by atoms with Crippen molar-refractivity contribution in [2.75, 3.05) is 19.8 Å². The SMILES string of the molecule is C=C1CC[C@@H]2[C@](C)(CO[C@@H]3O[C@H](CO)[C@@H](O)[C@H](O)[C@H]3O)[C@H](O)CC[C@@]2(C)[C@@H]1CCC1=CCOC1=O. The Morgan fingerprint density at radius 1 is 1.14 bits per heavy atom. The van der Waals surface area contributed by atoms with E-state index < -0.39 is 48.8 Å². The summed E-state index contributed by atoms with van der Waals surface area (Å²) >= 11 is 0. The van der Waals surface area contributed by atoms with Gasteiger partial charge in [0.15, 0.2) is 6.29 Å². The molecule has 1 saturated heterocycles. The number of allylic oxidation sites excluding steroid dienone is 1. The standard InChI is InChI=1S/C26H40O9/c1-14-4-7-18-25(2,16(14)6-5-15-9-11-33-23(15)32)10-8-19(28)26(18,3)13-34-24-22(31)21(30)20(29)17(12-27)35-24/h9,16-22,24,27-31H,1,4-8,10-13H2,2-3H3/t16-,17-,18+,19-,20-,21+,22-,24-,25+,26+/m1/s1. The Morgan fingerprint density at radius 2 is 1.89 bits per heavy atom. The fourth-order valence-corrected chi connectivity index (χ4v) is 7.08. The van der Waals surface area contributed by atoms with E-state index in [1.165, 1.54) is 5.57 Å². The fraction of sp³-hybridized carbons (Fsp3) is 0.808. The summed E-state index contributed by atoms with van der Waals surface area (Å²) in [6, 6.07) is 0. The highest BCUT2D eigenvalue weighted by molar-refractivity contribution is 5.90. The lowest BCUT2D eigenvalue weighted by molar-refractivity contribution is -0.313. The Hall–Kier alpha value is -1.33. The molecule has 0 spiro atoms. The van der Waals surface area contributed by atoms with Gasteiger partial charge in [0.05, 0.1) is 19.3 Å². The van der Waals surface area contributed by atoms with Crippen molar-refractivity contribution in [2.24, 2.45) is 22.7 Å². The Labute approximate surface area is 206 Å². The van der Waals surface area contributed by atoms with Crippen LogP contribution in [0.4, 0.5) is 0 Å². The maximum atomic E-state index is 11.9. The van der Waals surface area contributed by atoms with Crippen molar-refractivity contribution in [1.29, 1.82) is 0 Å². The van der Waals surface area contributed by atoms with E-state index in [1.807, 2.05) is 13.0 Å². The van der Waals surface area contributed by atoms with Crippen molar-refractivity contribution in [3.05, 3.63) is 23.8 Å². The molecule has 2 aliphatic heterocycles. The van der Waals surface area contributed by atoms with Crippen LogP contribution in [0.15, 0.2) is 23.8 Å². The van der Waals surface area contributed by atoms with Gasteiger partial charge in [0, 0.05) is 11.0 Å². The third-order valence-electron chi connectivity index (χ3n) is 9.27. The zero-order valence-electron chi connectivity index (χ0n) is 20.6. The van der Waals surface area contributed by atoms with Gasteiger partial charge >= 0.3 is 5.97 Å². The van der Waals surface area contributed by atoms with Crippen molar-refractivity contribution >= 4 is 5.97 Å². The first-order valence-electron chi connectivity index (χ1n) is 12.7. The van der Waals surface area contributed by atoms with Crippen LogP contribution in [0.2, 0.25) is 0 Å². The van der Waals surface area contributed by atoms with Crippen molar-refractivity contribution in [3.63, 3.8) is 0 Å². The minimum atomic E-state index is -1.51. The van der Waals surface area contributed by atoms with Crippen molar-refractivity contribution in [2.45, 2.75) is 89.2 Å². The maximum absolute atomic E-state index is 11.9. The van der Waals surface area contributed by atoms with Gasteiger partial charge in [0.1, 0.15) is 31.0 Å². The number of rotatable bonds is 7. The van der Waals surface area contributed by atoms with Gasteiger partial charge in [-0.2, -0.15) is 0 Å². The number of fused-ring (bicyclic) bond motifs is 1. The van der Waals surface area contributed by atoms with Crippen molar-refractivity contribution in [3.8, 4) is 0 Å². The first-order chi connectivity index (χ1) is 16.5. The lowest BCUT2D eigenvalue weighted by Gasteiger charge is -2.60. The zero-order chi connectivity index (χ0) is 25.5. The highest BCUT2D eigenvalue weighted by Gasteiger charge is 2.58. The van der Waals surface area contributed by atoms with Gasteiger partial charge in [0.25, 0.3) is 0 Å². The van der Waals surface area contributed by atoms with Crippen LogP contribution in [0.1, 0.15) is 52.4 Å². The predicted molar refractivity (Wildman–Crippen MR) is 125 cm³/mol. The lowest BCUT2D eigenvalue weighted by atomic mass is 9.46. The third-order valence-corrected chi connectivity index (χ3v) is 9.27. The number of hydrogen-bond acceptors (Lipinski definition) is 9. The van der Waals surface area contributed by atoms with Crippen LogP contribution in [0.25, 0.3) is 0 Å². The molecule has 9 heteroatoms. The molecule has 2 saturated carbocycles. The van der Waals surface area contributed by atoms with Crippen LogP contribution in [0, 0.1) is 22.7 Å². The van der Waals surface area contributed by atoms with Crippen LogP contribution in [-0.4, -0.2) is 88.1 Å². The summed E-state index contributed by atoms with van der Waals surface area (Å²) < 4.78 is 16.5. The van der Waals surface area contributed by atoms with Gasteiger partial charge in [-0.1, -0.05) is 26.0 Å². The maximum Gasteiger partial charge on any atom is 0.334 e. The molecular formula is C26H40O9. The molecule has 0 amide bonds. The molecule has 3 fully saturated rings. The molecule has 9 nitrogen and oxygen atoms in total. The lowest BCUT2D eigenvalue weighted by Crippen LogP contribution is -2.61. The minimum absolute atomic E-state index is 0.0772. The smallest absolute Gasteiger partial charge is 0.334 e. The first kappa shape index (κ1) is 26.7. The summed E-state index contributed by atoms with van der Waals surface area (Å²) in [6.07, 6.45) is -1.06. The molecule has 4 aliphatic rings. The van der Waals surface area contributed by atoms with E-state index in [-0.39, 0.29) is 29.8 Å². The highest BCUT2D eigenvalue weighted by atomic mass is 16.7. The second kappa shape index (κ2) is 10.2. The Kier molecular flexibility index (Phi) is 7.79. The number of cyclic esters (lactones) is 1. The molecule has 4 rings (SSSR count). The van der Waals surface area contributed by atoms with Gasteiger partial charge < -0.3 is 39.7 Å². The molecule has 0 radical (unpaired) electrons. The van der Waals surface area contributed by atoms with Gasteiger partial charge in [-0.25, -0.2) is 4.79 Å².